The van der Waals surface area contributed by atoms with Crippen LogP contribution in [0.25, 0.3) is 0 Å². The molecule has 18 heavy (non-hydrogen) atoms. The van der Waals surface area contributed by atoms with Crippen LogP contribution in [0.5, 0.6) is 5.75 Å². The smallest absolute Gasteiger partial charge is 0.258 e. The van der Waals surface area contributed by atoms with Crippen LogP contribution in [-0.4, -0.2) is 18.6 Å². The molecule has 1 amide bonds. The van der Waals surface area contributed by atoms with Crippen molar-refractivity contribution in [2.45, 2.75) is 25.8 Å². The highest BCUT2D eigenvalue weighted by molar-refractivity contribution is 5.78. The third-order valence-corrected chi connectivity index (χ3v) is 3.08. The second kappa shape index (κ2) is 5.54. The molecule has 0 aromatic heterocycles. The molecule has 1 aromatic carbocycles. The van der Waals surface area contributed by atoms with Gasteiger partial charge in [-0.05, 0) is 37.8 Å². The van der Waals surface area contributed by atoms with Crippen LogP contribution in [-0.2, 0) is 4.79 Å². The minimum absolute atomic E-state index is 0.0459. The van der Waals surface area contributed by atoms with E-state index < -0.39 is 0 Å². The maximum Gasteiger partial charge on any atom is 0.258 e. The van der Waals surface area contributed by atoms with Gasteiger partial charge in [-0.2, -0.15) is 5.26 Å². The Morgan fingerprint density at radius 3 is 2.94 bits per heavy atom. The highest BCUT2D eigenvalue weighted by Crippen LogP contribution is 2.32. The molecule has 94 valence electrons. The number of carbonyl (C=O) groups is 1. The number of carbonyl (C=O) groups excluding carboxylic acids is 1. The van der Waals surface area contributed by atoms with Crippen LogP contribution in [0.15, 0.2) is 24.3 Å². The van der Waals surface area contributed by atoms with Crippen molar-refractivity contribution in [3.05, 3.63) is 29.8 Å². The fourth-order valence-corrected chi connectivity index (χ4v) is 1.84. The largest absolute Gasteiger partial charge is 0.482 e. The van der Waals surface area contributed by atoms with Crippen molar-refractivity contribution in [3.8, 4) is 11.8 Å². The molecule has 1 saturated carbocycles. The van der Waals surface area contributed by atoms with Crippen molar-refractivity contribution in [1.82, 2.24) is 5.32 Å². The second-order valence-electron chi connectivity index (χ2n) is 4.59. The fraction of sp³-hybridized carbons (Fsp3) is 0.429. The van der Waals surface area contributed by atoms with E-state index >= 15 is 0 Å². The zero-order valence-electron chi connectivity index (χ0n) is 10.3. The summed E-state index contributed by atoms with van der Waals surface area (Å²) >= 11 is 0. The zero-order chi connectivity index (χ0) is 13.0. The highest BCUT2D eigenvalue weighted by Gasteiger charge is 2.28. The first-order valence-electron chi connectivity index (χ1n) is 6.12. The van der Waals surface area contributed by atoms with Crippen LogP contribution in [0.1, 0.15) is 25.3 Å². The quantitative estimate of drug-likeness (QED) is 0.859. The van der Waals surface area contributed by atoms with Gasteiger partial charge < -0.3 is 10.1 Å². The predicted molar refractivity (Wildman–Crippen MR) is 67.0 cm³/mol. The van der Waals surface area contributed by atoms with Crippen molar-refractivity contribution in [1.29, 1.82) is 5.26 Å². The molecule has 4 nitrogen and oxygen atoms in total. The monoisotopic (exact) mass is 244 g/mol. The van der Waals surface area contributed by atoms with E-state index in [9.17, 15) is 4.79 Å². The maximum absolute atomic E-state index is 11.6. The third kappa shape index (κ3) is 3.24. The van der Waals surface area contributed by atoms with Crippen molar-refractivity contribution in [2.24, 2.45) is 5.92 Å². The molecule has 4 heteroatoms. The van der Waals surface area contributed by atoms with E-state index in [-0.39, 0.29) is 18.6 Å². The summed E-state index contributed by atoms with van der Waals surface area (Å²) in [5.41, 5.74) is 0.445. The minimum atomic E-state index is -0.137. The van der Waals surface area contributed by atoms with Crippen LogP contribution in [0.3, 0.4) is 0 Å². The molecular weight excluding hydrogens is 228 g/mol. The summed E-state index contributed by atoms with van der Waals surface area (Å²) in [4.78, 5) is 11.6. The van der Waals surface area contributed by atoms with E-state index in [2.05, 4.69) is 5.32 Å². The number of hydrogen-bond donors (Lipinski definition) is 1. The predicted octanol–water partition coefficient (Wildman–Crippen LogP) is 1.85. The van der Waals surface area contributed by atoms with Gasteiger partial charge in [0.1, 0.15) is 11.8 Å². The van der Waals surface area contributed by atoms with Gasteiger partial charge in [-0.3, -0.25) is 4.79 Å². The third-order valence-electron chi connectivity index (χ3n) is 3.08. The summed E-state index contributed by atoms with van der Waals surface area (Å²) in [5, 5.41) is 11.8. The Morgan fingerprint density at radius 1 is 1.56 bits per heavy atom. The molecule has 0 spiro atoms. The molecule has 1 unspecified atom stereocenters. The lowest BCUT2D eigenvalue weighted by Gasteiger charge is -2.13. The summed E-state index contributed by atoms with van der Waals surface area (Å²) in [6, 6.07) is 9.15. The molecule has 1 fully saturated rings. The molecule has 0 bridgehead atoms. The summed E-state index contributed by atoms with van der Waals surface area (Å²) < 4.78 is 5.36. The van der Waals surface area contributed by atoms with Crippen LogP contribution < -0.4 is 10.1 Å². The summed E-state index contributed by atoms with van der Waals surface area (Å²) in [6.07, 6.45) is 2.39. The van der Waals surface area contributed by atoms with Crippen molar-refractivity contribution in [3.63, 3.8) is 0 Å². The van der Waals surface area contributed by atoms with Gasteiger partial charge >= 0.3 is 0 Å². The fourth-order valence-electron chi connectivity index (χ4n) is 1.84. The number of benzene rings is 1. The number of nitrogens with one attached hydrogen (secondary N) is 1. The van der Waals surface area contributed by atoms with E-state index in [1.165, 1.54) is 12.8 Å². The number of rotatable bonds is 5. The first-order valence-corrected chi connectivity index (χ1v) is 6.12. The number of nitrogens with zero attached hydrogens (tertiary/aromatic N) is 1. The van der Waals surface area contributed by atoms with Gasteiger partial charge in [0.25, 0.3) is 5.91 Å². The summed E-state index contributed by atoms with van der Waals surface area (Å²) in [5.74, 6) is 0.941. The van der Waals surface area contributed by atoms with Crippen LogP contribution in [0.4, 0.5) is 0 Å². The average Bonchev–Trinajstić information content (AvgIpc) is 3.21. The molecule has 2 rings (SSSR count). The second-order valence-corrected chi connectivity index (χ2v) is 4.59. The molecule has 1 aromatic rings. The number of nitriles is 1. The molecule has 0 radical (unpaired) electrons. The Morgan fingerprint density at radius 2 is 2.28 bits per heavy atom. The lowest BCUT2D eigenvalue weighted by molar-refractivity contribution is -0.123. The molecule has 1 N–H and O–H groups in total. The summed E-state index contributed by atoms with van der Waals surface area (Å²) in [6.45, 7) is 1.97. The van der Waals surface area contributed by atoms with E-state index in [0.29, 0.717) is 17.2 Å². The molecule has 0 aliphatic heterocycles. The standard InChI is InChI=1S/C14H16N2O2/c1-10(11-6-7-11)16-14(17)9-18-13-5-3-2-4-12(13)8-15/h2-5,10-11H,6-7,9H2,1H3,(H,16,17). The van der Waals surface area contributed by atoms with Crippen LogP contribution in [0.2, 0.25) is 0 Å². The van der Waals surface area contributed by atoms with Gasteiger partial charge in [0.15, 0.2) is 6.61 Å². The highest BCUT2D eigenvalue weighted by atomic mass is 16.5. The SMILES string of the molecule is CC(NC(=O)COc1ccccc1C#N)C1CC1. The van der Waals surface area contributed by atoms with Crippen molar-refractivity contribution in [2.75, 3.05) is 6.61 Å². The first-order chi connectivity index (χ1) is 8.70. The lowest BCUT2D eigenvalue weighted by atomic mass is 10.2. The number of ether oxygens (including phenoxy) is 1. The van der Waals surface area contributed by atoms with Gasteiger partial charge in [-0.25, -0.2) is 0 Å². The van der Waals surface area contributed by atoms with Gasteiger partial charge in [-0.1, -0.05) is 12.1 Å². The van der Waals surface area contributed by atoms with Crippen molar-refractivity contribution >= 4 is 5.91 Å². The van der Waals surface area contributed by atoms with Crippen molar-refractivity contribution < 1.29 is 9.53 Å². The topological polar surface area (TPSA) is 62.1 Å². The van der Waals surface area contributed by atoms with E-state index in [1.807, 2.05) is 13.0 Å². The Bertz CT molecular complexity index is 475. The van der Waals surface area contributed by atoms with E-state index in [4.69, 9.17) is 10.00 Å². The van der Waals surface area contributed by atoms with Gasteiger partial charge in [0.05, 0.1) is 5.56 Å². The molecule has 1 aliphatic carbocycles. The van der Waals surface area contributed by atoms with Crippen LogP contribution in [0, 0.1) is 17.2 Å². The van der Waals surface area contributed by atoms with E-state index in [1.54, 1.807) is 24.3 Å². The number of hydrogen-bond acceptors (Lipinski definition) is 3. The minimum Gasteiger partial charge on any atom is -0.482 e. The van der Waals surface area contributed by atoms with Gasteiger partial charge in [-0.15, -0.1) is 0 Å². The Kier molecular flexibility index (Phi) is 3.83. The lowest BCUT2D eigenvalue weighted by Crippen LogP contribution is -2.37. The van der Waals surface area contributed by atoms with Gasteiger partial charge in [0, 0.05) is 6.04 Å². The normalized spacial score (nSPS) is 15.6. The zero-order valence-corrected chi connectivity index (χ0v) is 10.3. The Labute approximate surface area is 107 Å². The van der Waals surface area contributed by atoms with Gasteiger partial charge in [0.2, 0.25) is 0 Å². The summed E-state index contributed by atoms with van der Waals surface area (Å²) in [7, 11) is 0. The Balaban J connectivity index is 1.83. The number of amides is 1. The van der Waals surface area contributed by atoms with E-state index in [0.717, 1.165) is 0 Å². The Hall–Kier alpha value is -2.02. The molecule has 1 aliphatic rings. The van der Waals surface area contributed by atoms with Crippen LogP contribution >= 0.6 is 0 Å². The molecular formula is C14H16N2O2. The molecule has 0 heterocycles. The average molecular weight is 244 g/mol. The molecule has 1 atom stereocenters. The first kappa shape index (κ1) is 12.4. The maximum atomic E-state index is 11.6. The number of para-hydroxylation sites is 1. The molecule has 0 saturated heterocycles.